The van der Waals surface area contributed by atoms with E-state index < -0.39 is 0 Å². The lowest BCUT2D eigenvalue weighted by atomic mass is 10.1. The average Bonchev–Trinajstić information content (AvgIpc) is 2.49. The summed E-state index contributed by atoms with van der Waals surface area (Å²) in [7, 11) is 0. The van der Waals surface area contributed by atoms with Gasteiger partial charge in [-0.2, -0.15) is 0 Å². The maximum atomic E-state index is 11.6. The van der Waals surface area contributed by atoms with E-state index in [1.807, 2.05) is 6.92 Å². The predicted octanol–water partition coefficient (Wildman–Crippen LogP) is 5.77. The zero-order valence-electron chi connectivity index (χ0n) is 14.7. The SMILES string of the molecule is CCCCCCCCCCCCC=C(C)C(=O)NCCC. The Kier molecular flexibility index (Phi) is 15.0. The lowest BCUT2D eigenvalue weighted by molar-refractivity contribution is -0.117. The fourth-order valence-electron chi connectivity index (χ4n) is 2.42. The minimum atomic E-state index is 0.101. The highest BCUT2D eigenvalue weighted by Gasteiger charge is 2.01. The molecule has 0 radical (unpaired) electrons. The Labute approximate surface area is 132 Å². The van der Waals surface area contributed by atoms with Crippen molar-refractivity contribution in [3.05, 3.63) is 11.6 Å². The van der Waals surface area contributed by atoms with Crippen LogP contribution in [0.5, 0.6) is 0 Å². The largest absolute Gasteiger partial charge is 0.352 e. The van der Waals surface area contributed by atoms with Crippen molar-refractivity contribution in [2.45, 2.75) is 97.8 Å². The molecule has 0 bridgehead atoms. The molecule has 21 heavy (non-hydrogen) atoms. The van der Waals surface area contributed by atoms with E-state index in [0.29, 0.717) is 0 Å². The minimum absolute atomic E-state index is 0.101. The summed E-state index contributed by atoms with van der Waals surface area (Å²) in [5.74, 6) is 0.101. The van der Waals surface area contributed by atoms with Crippen LogP contribution >= 0.6 is 0 Å². The number of rotatable bonds is 14. The fourth-order valence-corrected chi connectivity index (χ4v) is 2.42. The third-order valence-corrected chi connectivity index (χ3v) is 3.90. The molecule has 0 saturated carbocycles. The van der Waals surface area contributed by atoms with Crippen LogP contribution in [0.2, 0.25) is 0 Å². The third kappa shape index (κ3) is 13.9. The van der Waals surface area contributed by atoms with E-state index in [4.69, 9.17) is 0 Å². The van der Waals surface area contributed by atoms with Crippen molar-refractivity contribution in [3.63, 3.8) is 0 Å². The van der Waals surface area contributed by atoms with Gasteiger partial charge in [0, 0.05) is 12.1 Å². The van der Waals surface area contributed by atoms with E-state index in [2.05, 4.69) is 25.2 Å². The second-order valence-corrected chi connectivity index (χ2v) is 6.11. The van der Waals surface area contributed by atoms with Gasteiger partial charge in [0.25, 0.3) is 0 Å². The zero-order valence-corrected chi connectivity index (χ0v) is 14.7. The molecular weight excluding hydrogens is 258 g/mol. The quantitative estimate of drug-likeness (QED) is 0.320. The highest BCUT2D eigenvalue weighted by atomic mass is 16.1. The highest BCUT2D eigenvalue weighted by Crippen LogP contribution is 2.11. The molecule has 0 aliphatic rings. The number of hydrogen-bond donors (Lipinski definition) is 1. The molecule has 0 atom stereocenters. The molecule has 0 aliphatic heterocycles. The number of carbonyl (C=O) groups excluding carboxylic acids is 1. The first-order valence-corrected chi connectivity index (χ1v) is 9.17. The van der Waals surface area contributed by atoms with Crippen molar-refractivity contribution in [1.29, 1.82) is 0 Å². The van der Waals surface area contributed by atoms with Crippen LogP contribution in [-0.4, -0.2) is 12.5 Å². The fraction of sp³-hybridized carbons (Fsp3) is 0.842. The molecule has 0 fully saturated rings. The molecule has 0 aromatic carbocycles. The summed E-state index contributed by atoms with van der Waals surface area (Å²) in [6, 6.07) is 0. The standard InChI is InChI=1S/C19H37NO/c1-4-6-7-8-9-10-11-12-13-14-15-16-18(3)19(21)20-17-5-2/h16H,4-15,17H2,1-3H3,(H,20,21). The monoisotopic (exact) mass is 295 g/mol. The Bertz CT molecular complexity index is 271. The van der Waals surface area contributed by atoms with E-state index in [0.717, 1.165) is 25.0 Å². The van der Waals surface area contributed by atoms with Gasteiger partial charge in [-0.25, -0.2) is 0 Å². The van der Waals surface area contributed by atoms with E-state index >= 15 is 0 Å². The van der Waals surface area contributed by atoms with Gasteiger partial charge in [0.15, 0.2) is 0 Å². The van der Waals surface area contributed by atoms with Crippen LogP contribution < -0.4 is 5.32 Å². The van der Waals surface area contributed by atoms with Gasteiger partial charge in [-0.1, -0.05) is 77.7 Å². The van der Waals surface area contributed by atoms with Crippen LogP contribution in [0.25, 0.3) is 0 Å². The molecule has 2 heteroatoms. The average molecular weight is 296 g/mol. The molecule has 1 N–H and O–H groups in total. The normalized spacial score (nSPS) is 11.7. The number of unbranched alkanes of at least 4 members (excludes halogenated alkanes) is 10. The second-order valence-electron chi connectivity index (χ2n) is 6.11. The lowest BCUT2D eigenvalue weighted by Crippen LogP contribution is -2.24. The van der Waals surface area contributed by atoms with Crippen LogP contribution in [0.4, 0.5) is 0 Å². The van der Waals surface area contributed by atoms with E-state index in [1.165, 1.54) is 64.2 Å². The minimum Gasteiger partial charge on any atom is -0.352 e. The van der Waals surface area contributed by atoms with Gasteiger partial charge in [0.05, 0.1) is 0 Å². The molecule has 0 spiro atoms. The summed E-state index contributed by atoms with van der Waals surface area (Å²) in [5, 5.41) is 2.91. The first-order valence-electron chi connectivity index (χ1n) is 9.17. The summed E-state index contributed by atoms with van der Waals surface area (Å²) in [6.07, 6.45) is 17.8. The molecule has 0 aromatic rings. The Balaban J connectivity index is 3.36. The topological polar surface area (TPSA) is 29.1 Å². The molecule has 0 heterocycles. The molecule has 2 nitrogen and oxygen atoms in total. The van der Waals surface area contributed by atoms with Gasteiger partial charge >= 0.3 is 0 Å². The van der Waals surface area contributed by atoms with Crippen molar-refractivity contribution in [1.82, 2.24) is 5.32 Å². The zero-order chi connectivity index (χ0) is 15.8. The Morgan fingerprint density at radius 1 is 0.810 bits per heavy atom. The number of carbonyl (C=O) groups is 1. The molecule has 0 aliphatic carbocycles. The van der Waals surface area contributed by atoms with Crippen molar-refractivity contribution >= 4 is 5.91 Å². The number of allylic oxidation sites excluding steroid dienone is 1. The Morgan fingerprint density at radius 3 is 1.86 bits per heavy atom. The summed E-state index contributed by atoms with van der Waals surface area (Å²) in [6.45, 7) is 7.04. The summed E-state index contributed by atoms with van der Waals surface area (Å²) in [5.41, 5.74) is 0.874. The van der Waals surface area contributed by atoms with Crippen LogP contribution in [-0.2, 0) is 4.79 Å². The van der Waals surface area contributed by atoms with E-state index in [-0.39, 0.29) is 5.91 Å². The van der Waals surface area contributed by atoms with Crippen molar-refractivity contribution < 1.29 is 4.79 Å². The molecule has 1 amide bonds. The molecular formula is C19H37NO. The molecule has 0 unspecified atom stereocenters. The maximum absolute atomic E-state index is 11.6. The van der Waals surface area contributed by atoms with Crippen LogP contribution in [0.3, 0.4) is 0 Å². The summed E-state index contributed by atoms with van der Waals surface area (Å²) < 4.78 is 0. The molecule has 0 rings (SSSR count). The van der Waals surface area contributed by atoms with Gasteiger partial charge in [-0.3, -0.25) is 4.79 Å². The predicted molar refractivity (Wildman–Crippen MR) is 93.5 cm³/mol. The van der Waals surface area contributed by atoms with Crippen LogP contribution in [0.15, 0.2) is 11.6 Å². The number of nitrogens with one attached hydrogen (secondary N) is 1. The van der Waals surface area contributed by atoms with Gasteiger partial charge < -0.3 is 5.32 Å². The first-order chi connectivity index (χ1) is 10.2. The summed E-state index contributed by atoms with van der Waals surface area (Å²) >= 11 is 0. The molecule has 124 valence electrons. The van der Waals surface area contributed by atoms with Crippen molar-refractivity contribution in [2.75, 3.05) is 6.54 Å². The Hall–Kier alpha value is -0.790. The van der Waals surface area contributed by atoms with Gasteiger partial charge in [-0.15, -0.1) is 0 Å². The first kappa shape index (κ1) is 20.2. The van der Waals surface area contributed by atoms with Crippen molar-refractivity contribution in [3.8, 4) is 0 Å². The number of hydrogen-bond acceptors (Lipinski definition) is 1. The van der Waals surface area contributed by atoms with E-state index in [9.17, 15) is 4.79 Å². The molecule has 0 saturated heterocycles. The second kappa shape index (κ2) is 15.6. The van der Waals surface area contributed by atoms with E-state index in [1.54, 1.807) is 0 Å². The highest BCUT2D eigenvalue weighted by molar-refractivity contribution is 5.92. The smallest absolute Gasteiger partial charge is 0.246 e. The van der Waals surface area contributed by atoms with Gasteiger partial charge in [0.2, 0.25) is 5.91 Å². The Morgan fingerprint density at radius 2 is 1.33 bits per heavy atom. The third-order valence-electron chi connectivity index (χ3n) is 3.90. The molecule has 0 aromatic heterocycles. The van der Waals surface area contributed by atoms with Gasteiger partial charge in [-0.05, 0) is 26.2 Å². The van der Waals surface area contributed by atoms with Gasteiger partial charge in [0.1, 0.15) is 0 Å². The van der Waals surface area contributed by atoms with Crippen LogP contribution in [0, 0.1) is 0 Å². The lowest BCUT2D eigenvalue weighted by Gasteiger charge is -2.04. The maximum Gasteiger partial charge on any atom is 0.246 e. The summed E-state index contributed by atoms with van der Waals surface area (Å²) in [4.78, 5) is 11.6. The van der Waals surface area contributed by atoms with Crippen molar-refractivity contribution in [2.24, 2.45) is 0 Å². The van der Waals surface area contributed by atoms with Crippen LogP contribution in [0.1, 0.15) is 97.8 Å². The number of amides is 1.